The largest absolute Gasteiger partial charge is 0.394 e. The van der Waals surface area contributed by atoms with Crippen molar-refractivity contribution in [3.63, 3.8) is 0 Å². The molecule has 0 heterocycles. The summed E-state index contributed by atoms with van der Waals surface area (Å²) in [5.74, 6) is 0. The van der Waals surface area contributed by atoms with E-state index in [0.717, 1.165) is 12.1 Å². The van der Waals surface area contributed by atoms with E-state index in [4.69, 9.17) is 5.73 Å². The second-order valence-corrected chi connectivity index (χ2v) is 2.67. The molecule has 1 atom stereocenters. The molecule has 3 nitrogen and oxygen atoms in total. The van der Waals surface area contributed by atoms with Crippen molar-refractivity contribution in [1.82, 2.24) is 10.6 Å². The first-order valence-corrected chi connectivity index (χ1v) is 4.16. The van der Waals surface area contributed by atoms with E-state index in [-0.39, 0.29) is 6.04 Å². The van der Waals surface area contributed by atoms with Crippen LogP contribution in [0.2, 0.25) is 0 Å². The summed E-state index contributed by atoms with van der Waals surface area (Å²) in [7, 11) is 3.78. The average Bonchev–Trinajstić information content (AvgIpc) is 2.04. The van der Waals surface area contributed by atoms with E-state index >= 15 is 0 Å². The Morgan fingerprint density at radius 2 is 2.17 bits per heavy atom. The molecule has 12 heavy (non-hydrogen) atoms. The van der Waals surface area contributed by atoms with Crippen LogP contribution in [0.3, 0.4) is 0 Å². The molecule has 0 bridgehead atoms. The highest BCUT2D eigenvalue weighted by molar-refractivity contribution is 5.23. The van der Waals surface area contributed by atoms with Gasteiger partial charge in [-0.25, -0.2) is 0 Å². The van der Waals surface area contributed by atoms with Gasteiger partial charge in [-0.15, -0.1) is 0 Å². The van der Waals surface area contributed by atoms with Gasteiger partial charge in [0.25, 0.3) is 0 Å². The molecule has 0 fully saturated rings. The summed E-state index contributed by atoms with van der Waals surface area (Å²) in [5.41, 5.74) is 6.88. The number of rotatable bonds is 5. The normalized spacial score (nSPS) is 15.2. The molecule has 0 aliphatic heterocycles. The summed E-state index contributed by atoms with van der Waals surface area (Å²) in [5, 5.41) is 5.98. The Morgan fingerprint density at radius 3 is 2.58 bits per heavy atom. The van der Waals surface area contributed by atoms with Gasteiger partial charge in [-0.1, -0.05) is 6.08 Å². The van der Waals surface area contributed by atoms with Gasteiger partial charge in [0, 0.05) is 19.6 Å². The van der Waals surface area contributed by atoms with Crippen molar-refractivity contribution < 1.29 is 0 Å². The van der Waals surface area contributed by atoms with Crippen LogP contribution in [0.5, 0.6) is 0 Å². The predicted octanol–water partition coefficient (Wildman–Crippen LogP) is 0.213. The van der Waals surface area contributed by atoms with Crippen LogP contribution in [0.15, 0.2) is 23.9 Å². The highest BCUT2D eigenvalue weighted by Gasteiger charge is 1.97. The Hall–Kier alpha value is -0.800. The Labute approximate surface area is 74.7 Å². The minimum absolute atomic E-state index is 0.0861. The minimum atomic E-state index is 0.0861. The van der Waals surface area contributed by atoms with Crippen molar-refractivity contribution >= 4 is 0 Å². The molecule has 0 aromatic rings. The molecule has 0 radical (unpaired) electrons. The Morgan fingerprint density at radius 1 is 1.50 bits per heavy atom. The second kappa shape index (κ2) is 6.88. The van der Waals surface area contributed by atoms with Crippen molar-refractivity contribution in [3.8, 4) is 0 Å². The quantitative estimate of drug-likeness (QED) is 0.516. The number of likely N-dealkylation sites (N-methyl/N-ethyl adjacent to an activating group) is 1. The molecule has 0 aromatic carbocycles. The van der Waals surface area contributed by atoms with Gasteiger partial charge in [-0.2, -0.15) is 0 Å². The molecule has 0 aliphatic carbocycles. The highest BCUT2D eigenvalue weighted by atomic mass is 14.8. The zero-order chi connectivity index (χ0) is 9.40. The van der Waals surface area contributed by atoms with Crippen LogP contribution in [0.1, 0.15) is 6.92 Å². The van der Waals surface area contributed by atoms with Crippen molar-refractivity contribution in [2.75, 3.05) is 20.6 Å². The smallest absolute Gasteiger partial charge is 0.0263 e. The first-order valence-electron chi connectivity index (χ1n) is 4.16. The van der Waals surface area contributed by atoms with E-state index in [1.54, 1.807) is 0 Å². The summed E-state index contributed by atoms with van der Waals surface area (Å²) >= 11 is 0. The summed E-state index contributed by atoms with van der Waals surface area (Å²) in [6.07, 6.45) is 5.95. The van der Waals surface area contributed by atoms with Crippen LogP contribution in [0.25, 0.3) is 0 Å². The third-order valence-corrected chi connectivity index (χ3v) is 1.51. The van der Waals surface area contributed by atoms with Crippen LogP contribution in [0, 0.1) is 0 Å². The van der Waals surface area contributed by atoms with E-state index in [2.05, 4.69) is 16.7 Å². The molecule has 0 saturated carbocycles. The Kier molecular flexibility index (Phi) is 6.42. The molecule has 3 heteroatoms. The van der Waals surface area contributed by atoms with Crippen molar-refractivity contribution in [1.29, 1.82) is 0 Å². The molecule has 70 valence electrons. The molecule has 0 saturated heterocycles. The maximum Gasteiger partial charge on any atom is 0.0263 e. The summed E-state index contributed by atoms with van der Waals surface area (Å²) in [6.45, 7) is 2.83. The average molecular weight is 169 g/mol. The zero-order valence-electron chi connectivity index (χ0n) is 8.09. The van der Waals surface area contributed by atoms with Gasteiger partial charge in [0.15, 0.2) is 0 Å². The number of nitrogens with two attached hydrogens (primary N) is 1. The van der Waals surface area contributed by atoms with Gasteiger partial charge in [-0.3, -0.25) is 0 Å². The lowest BCUT2D eigenvalue weighted by Crippen LogP contribution is -2.18. The summed E-state index contributed by atoms with van der Waals surface area (Å²) in [4.78, 5) is 0. The predicted molar refractivity (Wildman–Crippen MR) is 53.9 cm³/mol. The zero-order valence-corrected chi connectivity index (χ0v) is 8.09. The van der Waals surface area contributed by atoms with Crippen molar-refractivity contribution in [3.05, 3.63) is 23.9 Å². The topological polar surface area (TPSA) is 50.1 Å². The molecule has 4 N–H and O–H groups in total. The highest BCUT2D eigenvalue weighted by Crippen LogP contribution is 1.99. The maximum atomic E-state index is 5.74. The van der Waals surface area contributed by atoms with Crippen LogP contribution < -0.4 is 16.4 Å². The Bertz CT molecular complexity index is 159. The van der Waals surface area contributed by atoms with Crippen LogP contribution in [0.4, 0.5) is 0 Å². The fourth-order valence-electron chi connectivity index (χ4n) is 0.805. The van der Waals surface area contributed by atoms with E-state index in [9.17, 15) is 0 Å². The maximum absolute atomic E-state index is 5.74. The number of hydrogen-bond acceptors (Lipinski definition) is 3. The fraction of sp³-hybridized carbons (Fsp3) is 0.556. The SMILES string of the molecule is CN/C=C\C(=C/CNC)C(C)N. The molecule has 0 rings (SSSR count). The molecule has 0 amide bonds. The third-order valence-electron chi connectivity index (χ3n) is 1.51. The van der Waals surface area contributed by atoms with Crippen LogP contribution >= 0.6 is 0 Å². The van der Waals surface area contributed by atoms with Gasteiger partial charge in [-0.05, 0) is 31.8 Å². The van der Waals surface area contributed by atoms with E-state index in [0.29, 0.717) is 0 Å². The number of nitrogens with one attached hydrogen (secondary N) is 2. The molecular weight excluding hydrogens is 150 g/mol. The number of hydrogen-bond donors (Lipinski definition) is 3. The van der Waals surface area contributed by atoms with Gasteiger partial charge in [0.2, 0.25) is 0 Å². The minimum Gasteiger partial charge on any atom is -0.394 e. The molecule has 0 aromatic heterocycles. The summed E-state index contributed by atoms with van der Waals surface area (Å²) < 4.78 is 0. The van der Waals surface area contributed by atoms with Gasteiger partial charge >= 0.3 is 0 Å². The standard InChI is InChI=1S/C9H19N3/c1-8(10)9(4-6-11-2)5-7-12-3/h4-6,8,11-12H,7,10H2,1-3H3/b6-4-,9-5+. The fourth-order valence-corrected chi connectivity index (χ4v) is 0.805. The van der Waals surface area contributed by atoms with E-state index < -0.39 is 0 Å². The first kappa shape index (κ1) is 11.2. The lowest BCUT2D eigenvalue weighted by Gasteiger charge is -2.06. The van der Waals surface area contributed by atoms with E-state index in [1.807, 2.05) is 33.3 Å². The lowest BCUT2D eigenvalue weighted by atomic mass is 10.1. The Balaban J connectivity index is 4.12. The van der Waals surface area contributed by atoms with E-state index in [1.165, 1.54) is 0 Å². The van der Waals surface area contributed by atoms with Gasteiger partial charge < -0.3 is 16.4 Å². The van der Waals surface area contributed by atoms with Crippen molar-refractivity contribution in [2.24, 2.45) is 5.73 Å². The van der Waals surface area contributed by atoms with Gasteiger partial charge in [0.05, 0.1) is 0 Å². The monoisotopic (exact) mass is 169 g/mol. The molecular formula is C9H19N3. The van der Waals surface area contributed by atoms with Crippen LogP contribution in [-0.2, 0) is 0 Å². The van der Waals surface area contributed by atoms with Crippen molar-refractivity contribution in [2.45, 2.75) is 13.0 Å². The molecule has 0 aliphatic rings. The van der Waals surface area contributed by atoms with Crippen LogP contribution in [-0.4, -0.2) is 26.7 Å². The third kappa shape index (κ3) is 4.93. The first-order chi connectivity index (χ1) is 5.72. The van der Waals surface area contributed by atoms with Gasteiger partial charge in [0.1, 0.15) is 0 Å². The second-order valence-electron chi connectivity index (χ2n) is 2.67. The lowest BCUT2D eigenvalue weighted by molar-refractivity contribution is 0.853. The molecule has 0 spiro atoms. The molecule has 1 unspecified atom stereocenters. The summed E-state index contributed by atoms with van der Waals surface area (Å²) in [6, 6.07) is 0.0861.